The third kappa shape index (κ3) is 5.37. The maximum atomic E-state index is 8.43. The van der Waals surface area contributed by atoms with Crippen LogP contribution in [0.4, 0.5) is 0 Å². The minimum Gasteiger partial charge on any atom is -0.198 e. The van der Waals surface area contributed by atoms with Crippen molar-refractivity contribution in [3.8, 4) is 6.07 Å². The van der Waals surface area contributed by atoms with Gasteiger partial charge in [0, 0.05) is 5.92 Å². The van der Waals surface area contributed by atoms with Crippen molar-refractivity contribution in [2.75, 3.05) is 0 Å². The van der Waals surface area contributed by atoms with Gasteiger partial charge in [-0.1, -0.05) is 5.57 Å². The smallest absolute Gasteiger partial charge is 0.0652 e. The molecule has 0 aromatic heterocycles. The summed E-state index contributed by atoms with van der Waals surface area (Å²) >= 11 is 0. The van der Waals surface area contributed by atoms with Gasteiger partial charge in [0.15, 0.2) is 0 Å². The lowest BCUT2D eigenvalue weighted by molar-refractivity contribution is 0.615. The molecule has 0 aliphatic rings. The van der Waals surface area contributed by atoms with Crippen molar-refractivity contribution in [2.24, 2.45) is 5.92 Å². The molecule has 0 fully saturated rings. The summed E-state index contributed by atoms with van der Waals surface area (Å²) in [6.07, 6.45) is 3.17. The Hall–Kier alpha value is -0.770. The van der Waals surface area contributed by atoms with E-state index in [9.17, 15) is 0 Å². The standard InChI is InChI=1S/C9H15N/c1-8(2)5-4-6-9(3)7-10/h9H,1,4-6H2,2-3H3. The van der Waals surface area contributed by atoms with Gasteiger partial charge in [-0.2, -0.15) is 5.26 Å². The molecule has 0 radical (unpaired) electrons. The fourth-order valence-corrected chi connectivity index (χ4v) is 0.775. The maximum Gasteiger partial charge on any atom is 0.0652 e. The van der Waals surface area contributed by atoms with Crippen LogP contribution in [0.25, 0.3) is 0 Å². The van der Waals surface area contributed by atoms with Crippen molar-refractivity contribution < 1.29 is 0 Å². The fraction of sp³-hybridized carbons (Fsp3) is 0.667. The van der Waals surface area contributed by atoms with Gasteiger partial charge in [-0.25, -0.2) is 0 Å². The highest BCUT2D eigenvalue weighted by Gasteiger charge is 1.97. The molecule has 0 aliphatic carbocycles. The molecular weight excluding hydrogens is 122 g/mol. The van der Waals surface area contributed by atoms with Crippen molar-refractivity contribution in [2.45, 2.75) is 33.1 Å². The molecule has 1 unspecified atom stereocenters. The van der Waals surface area contributed by atoms with Crippen LogP contribution in [-0.4, -0.2) is 0 Å². The third-order valence-electron chi connectivity index (χ3n) is 1.46. The van der Waals surface area contributed by atoms with E-state index in [1.165, 1.54) is 5.57 Å². The number of nitriles is 1. The molecule has 56 valence electrons. The lowest BCUT2D eigenvalue weighted by atomic mass is 10.0. The molecule has 0 aromatic carbocycles. The quantitative estimate of drug-likeness (QED) is 0.546. The Morgan fingerprint density at radius 1 is 1.70 bits per heavy atom. The molecular formula is C9H15N. The normalized spacial score (nSPS) is 12.1. The van der Waals surface area contributed by atoms with E-state index in [0.29, 0.717) is 0 Å². The highest BCUT2D eigenvalue weighted by Crippen LogP contribution is 2.09. The predicted octanol–water partition coefficient (Wildman–Crippen LogP) is 2.89. The second-order valence-corrected chi connectivity index (χ2v) is 2.88. The van der Waals surface area contributed by atoms with Gasteiger partial charge in [0.2, 0.25) is 0 Å². The molecule has 10 heavy (non-hydrogen) atoms. The predicted molar refractivity (Wildman–Crippen MR) is 43.4 cm³/mol. The monoisotopic (exact) mass is 137 g/mol. The van der Waals surface area contributed by atoms with E-state index in [2.05, 4.69) is 12.6 Å². The average molecular weight is 137 g/mol. The number of nitrogens with zero attached hydrogens (tertiary/aromatic N) is 1. The summed E-state index contributed by atoms with van der Waals surface area (Å²) in [5.74, 6) is 0.208. The van der Waals surface area contributed by atoms with Crippen LogP contribution >= 0.6 is 0 Å². The molecule has 0 spiro atoms. The Kier molecular flexibility index (Phi) is 4.66. The molecule has 0 N–H and O–H groups in total. The number of allylic oxidation sites excluding steroid dienone is 1. The number of hydrogen-bond acceptors (Lipinski definition) is 1. The minimum atomic E-state index is 0.208. The zero-order valence-electron chi connectivity index (χ0n) is 6.85. The van der Waals surface area contributed by atoms with Gasteiger partial charge >= 0.3 is 0 Å². The van der Waals surface area contributed by atoms with Crippen LogP contribution in [0.2, 0.25) is 0 Å². The van der Waals surface area contributed by atoms with E-state index in [4.69, 9.17) is 5.26 Å². The molecule has 0 saturated carbocycles. The van der Waals surface area contributed by atoms with E-state index in [1.807, 2.05) is 13.8 Å². The molecule has 0 bridgehead atoms. The average Bonchev–Trinajstić information content (AvgIpc) is 1.87. The van der Waals surface area contributed by atoms with Crippen molar-refractivity contribution in [1.82, 2.24) is 0 Å². The van der Waals surface area contributed by atoms with Crippen molar-refractivity contribution in [1.29, 1.82) is 5.26 Å². The van der Waals surface area contributed by atoms with Gasteiger partial charge in [0.25, 0.3) is 0 Å². The largest absolute Gasteiger partial charge is 0.198 e. The highest BCUT2D eigenvalue weighted by atomic mass is 14.3. The zero-order chi connectivity index (χ0) is 7.98. The Labute approximate surface area is 63.4 Å². The molecule has 0 amide bonds. The molecule has 1 nitrogen and oxygen atoms in total. The van der Waals surface area contributed by atoms with Crippen LogP contribution in [0.5, 0.6) is 0 Å². The maximum absolute atomic E-state index is 8.43. The summed E-state index contributed by atoms with van der Waals surface area (Å²) in [7, 11) is 0. The molecule has 1 atom stereocenters. The highest BCUT2D eigenvalue weighted by molar-refractivity contribution is 4.88. The summed E-state index contributed by atoms with van der Waals surface area (Å²) < 4.78 is 0. The molecule has 0 aromatic rings. The Bertz CT molecular complexity index is 141. The van der Waals surface area contributed by atoms with Crippen LogP contribution in [0.15, 0.2) is 12.2 Å². The van der Waals surface area contributed by atoms with E-state index < -0.39 is 0 Å². The van der Waals surface area contributed by atoms with E-state index in [-0.39, 0.29) is 5.92 Å². The second kappa shape index (κ2) is 5.05. The number of rotatable bonds is 4. The van der Waals surface area contributed by atoms with Gasteiger partial charge in [-0.15, -0.1) is 6.58 Å². The second-order valence-electron chi connectivity index (χ2n) is 2.88. The Balaban J connectivity index is 3.22. The summed E-state index contributed by atoms with van der Waals surface area (Å²) in [6, 6.07) is 2.21. The SMILES string of the molecule is C=C(C)CCCC(C)C#N. The summed E-state index contributed by atoms with van der Waals surface area (Å²) in [5.41, 5.74) is 1.21. The van der Waals surface area contributed by atoms with Crippen molar-refractivity contribution in [3.63, 3.8) is 0 Å². The third-order valence-corrected chi connectivity index (χ3v) is 1.46. The first-order valence-electron chi connectivity index (χ1n) is 3.70. The van der Waals surface area contributed by atoms with Crippen molar-refractivity contribution in [3.05, 3.63) is 12.2 Å². The minimum absolute atomic E-state index is 0.208. The van der Waals surface area contributed by atoms with Crippen LogP contribution < -0.4 is 0 Å². The topological polar surface area (TPSA) is 23.8 Å². The number of hydrogen-bond donors (Lipinski definition) is 0. The van der Waals surface area contributed by atoms with Gasteiger partial charge < -0.3 is 0 Å². The fourth-order valence-electron chi connectivity index (χ4n) is 0.775. The first-order chi connectivity index (χ1) is 4.66. The summed E-state index contributed by atoms with van der Waals surface area (Å²) in [4.78, 5) is 0. The molecule has 0 rings (SSSR count). The van der Waals surface area contributed by atoms with Gasteiger partial charge in [-0.05, 0) is 33.1 Å². The Morgan fingerprint density at radius 3 is 2.70 bits per heavy atom. The molecule has 0 aliphatic heterocycles. The lowest BCUT2D eigenvalue weighted by Gasteiger charge is -2.00. The van der Waals surface area contributed by atoms with Gasteiger partial charge in [-0.3, -0.25) is 0 Å². The summed E-state index contributed by atoms with van der Waals surface area (Å²) in [5, 5.41) is 8.43. The van der Waals surface area contributed by atoms with E-state index >= 15 is 0 Å². The van der Waals surface area contributed by atoms with Gasteiger partial charge in [0.1, 0.15) is 0 Å². The summed E-state index contributed by atoms with van der Waals surface area (Å²) in [6.45, 7) is 7.78. The first-order valence-corrected chi connectivity index (χ1v) is 3.70. The first kappa shape index (κ1) is 9.23. The van der Waals surface area contributed by atoms with Gasteiger partial charge in [0.05, 0.1) is 6.07 Å². The molecule has 1 heteroatoms. The van der Waals surface area contributed by atoms with Crippen LogP contribution in [0, 0.1) is 17.2 Å². The lowest BCUT2D eigenvalue weighted by Crippen LogP contribution is -1.89. The molecule has 0 heterocycles. The van der Waals surface area contributed by atoms with E-state index in [0.717, 1.165) is 19.3 Å². The van der Waals surface area contributed by atoms with Crippen LogP contribution in [-0.2, 0) is 0 Å². The molecule has 0 saturated heterocycles. The van der Waals surface area contributed by atoms with E-state index in [1.54, 1.807) is 0 Å². The van der Waals surface area contributed by atoms with Crippen LogP contribution in [0.3, 0.4) is 0 Å². The Morgan fingerprint density at radius 2 is 2.30 bits per heavy atom. The van der Waals surface area contributed by atoms with Crippen molar-refractivity contribution >= 4 is 0 Å². The zero-order valence-corrected chi connectivity index (χ0v) is 6.85. The van der Waals surface area contributed by atoms with Crippen LogP contribution in [0.1, 0.15) is 33.1 Å².